The van der Waals surface area contributed by atoms with Gasteiger partial charge in [-0.1, -0.05) is 6.07 Å². The monoisotopic (exact) mass is 205 g/mol. The summed E-state index contributed by atoms with van der Waals surface area (Å²) < 4.78 is 0. The standard InChI is InChI=1S/C9H7N3OS/c1-5(13)10-6-3-2-4-7-8(6)12-9(14)11-7/h2-4H,1H3,(H,10,13). The number of nitrogens with zero attached hydrogens (tertiary/aromatic N) is 2. The quantitative estimate of drug-likeness (QED) is 0.665. The lowest BCUT2D eigenvalue weighted by Crippen LogP contribution is -2.26. The van der Waals surface area contributed by atoms with E-state index in [9.17, 15) is 4.79 Å². The molecule has 0 aromatic heterocycles. The first-order valence-corrected chi connectivity index (χ1v) is 4.45. The summed E-state index contributed by atoms with van der Waals surface area (Å²) in [6.45, 7) is 1.45. The fourth-order valence-electron chi connectivity index (χ4n) is 1.25. The van der Waals surface area contributed by atoms with Gasteiger partial charge in [-0.15, -0.1) is 0 Å². The van der Waals surface area contributed by atoms with Crippen molar-refractivity contribution in [2.24, 2.45) is 9.98 Å². The molecule has 0 saturated carbocycles. The van der Waals surface area contributed by atoms with Gasteiger partial charge in [-0.05, 0) is 24.4 Å². The second-order valence-corrected chi connectivity index (χ2v) is 3.23. The van der Waals surface area contributed by atoms with Gasteiger partial charge in [-0.2, -0.15) is 0 Å². The first-order valence-electron chi connectivity index (χ1n) is 4.05. The van der Waals surface area contributed by atoms with Gasteiger partial charge in [-0.25, -0.2) is 9.98 Å². The van der Waals surface area contributed by atoms with E-state index in [1.807, 2.05) is 6.07 Å². The molecule has 0 spiro atoms. The summed E-state index contributed by atoms with van der Waals surface area (Å²) in [7, 11) is 0. The number of fused-ring (bicyclic) bond motifs is 1. The second kappa shape index (κ2) is 3.26. The lowest BCUT2D eigenvalue weighted by atomic mass is 10.3. The van der Waals surface area contributed by atoms with Gasteiger partial charge in [0.05, 0.1) is 11.0 Å². The highest BCUT2D eigenvalue weighted by Crippen LogP contribution is 1.98. The fraction of sp³-hybridized carbons (Fsp3) is 0.111. The summed E-state index contributed by atoms with van der Waals surface area (Å²) in [5.74, 6) is -0.133. The molecule has 1 aliphatic heterocycles. The molecule has 1 aliphatic rings. The number of para-hydroxylation sites is 1. The van der Waals surface area contributed by atoms with Crippen LogP contribution >= 0.6 is 12.2 Å². The van der Waals surface area contributed by atoms with E-state index in [4.69, 9.17) is 12.2 Å². The summed E-state index contributed by atoms with van der Waals surface area (Å²) >= 11 is 4.85. The Morgan fingerprint density at radius 3 is 2.93 bits per heavy atom. The lowest BCUT2D eigenvalue weighted by molar-refractivity contribution is -0.114. The van der Waals surface area contributed by atoms with Crippen molar-refractivity contribution in [3.05, 3.63) is 28.9 Å². The maximum atomic E-state index is 10.9. The predicted octanol–water partition coefficient (Wildman–Crippen LogP) is 0.183. The minimum absolute atomic E-state index is 0.133. The number of nitrogens with one attached hydrogen (secondary N) is 1. The highest BCUT2D eigenvalue weighted by atomic mass is 32.1. The van der Waals surface area contributed by atoms with Crippen LogP contribution in [-0.4, -0.2) is 11.0 Å². The zero-order valence-electron chi connectivity index (χ0n) is 7.44. The van der Waals surface area contributed by atoms with Gasteiger partial charge in [0, 0.05) is 6.92 Å². The molecule has 0 aliphatic carbocycles. The van der Waals surface area contributed by atoms with Crippen LogP contribution in [0.5, 0.6) is 0 Å². The van der Waals surface area contributed by atoms with Crippen LogP contribution in [-0.2, 0) is 4.79 Å². The largest absolute Gasteiger partial charge is 0.324 e. The number of rotatable bonds is 1. The molecular formula is C9H7N3OS. The Labute approximate surface area is 85.4 Å². The van der Waals surface area contributed by atoms with Crippen molar-refractivity contribution >= 4 is 28.9 Å². The summed E-state index contributed by atoms with van der Waals surface area (Å²) in [5, 5.41) is 4.33. The smallest absolute Gasteiger partial charge is 0.221 e. The Kier molecular flexibility index (Phi) is 2.09. The van der Waals surface area contributed by atoms with Crippen LogP contribution < -0.4 is 16.0 Å². The number of carbonyl (C=O) groups is 1. The van der Waals surface area contributed by atoms with Crippen molar-refractivity contribution in [3.63, 3.8) is 0 Å². The average Bonchev–Trinajstić information content (AvgIpc) is 2.45. The van der Waals surface area contributed by atoms with Crippen molar-refractivity contribution < 1.29 is 4.79 Å². The van der Waals surface area contributed by atoms with Crippen molar-refractivity contribution in [2.45, 2.75) is 6.92 Å². The third-order valence-electron chi connectivity index (χ3n) is 1.75. The van der Waals surface area contributed by atoms with Crippen LogP contribution in [0.4, 0.5) is 5.69 Å². The number of thiocarbonyl (C=S) groups is 1. The highest BCUT2D eigenvalue weighted by molar-refractivity contribution is 7.80. The minimum atomic E-state index is -0.133. The third kappa shape index (κ3) is 1.54. The lowest BCUT2D eigenvalue weighted by Gasteiger charge is -1.99. The number of anilines is 1. The molecule has 0 bridgehead atoms. The van der Waals surface area contributed by atoms with Crippen LogP contribution in [0.25, 0.3) is 0 Å². The van der Waals surface area contributed by atoms with Crippen molar-refractivity contribution in [2.75, 3.05) is 5.32 Å². The molecule has 4 nitrogen and oxygen atoms in total. The van der Waals surface area contributed by atoms with Crippen molar-refractivity contribution in [1.29, 1.82) is 0 Å². The van der Waals surface area contributed by atoms with E-state index in [-0.39, 0.29) is 5.91 Å². The molecule has 1 aromatic carbocycles. The minimum Gasteiger partial charge on any atom is -0.324 e. The maximum absolute atomic E-state index is 10.9. The summed E-state index contributed by atoms with van der Waals surface area (Å²) in [6, 6.07) is 5.38. The summed E-state index contributed by atoms with van der Waals surface area (Å²) in [6.07, 6.45) is 0. The predicted molar refractivity (Wildman–Crippen MR) is 55.7 cm³/mol. The molecule has 1 amide bonds. The average molecular weight is 205 g/mol. The van der Waals surface area contributed by atoms with Gasteiger partial charge < -0.3 is 5.32 Å². The van der Waals surface area contributed by atoms with Gasteiger partial charge in [0.25, 0.3) is 0 Å². The van der Waals surface area contributed by atoms with Gasteiger partial charge in [0.15, 0.2) is 0 Å². The zero-order chi connectivity index (χ0) is 10.1. The topological polar surface area (TPSA) is 53.8 Å². The molecule has 2 rings (SSSR count). The zero-order valence-corrected chi connectivity index (χ0v) is 8.26. The normalized spacial score (nSPS) is 12.8. The van der Waals surface area contributed by atoms with Crippen LogP contribution in [0.15, 0.2) is 28.2 Å². The molecule has 1 N–H and O–H groups in total. The van der Waals surface area contributed by atoms with Gasteiger partial charge in [-0.3, -0.25) is 4.79 Å². The summed E-state index contributed by atoms with van der Waals surface area (Å²) in [5.41, 5.74) is 0.651. The second-order valence-electron chi connectivity index (χ2n) is 2.86. The van der Waals surface area contributed by atoms with E-state index in [1.165, 1.54) is 6.92 Å². The molecule has 5 heteroatoms. The fourth-order valence-corrected chi connectivity index (χ4v) is 1.44. The molecule has 1 aromatic rings. The molecule has 0 unspecified atom stereocenters. The van der Waals surface area contributed by atoms with Gasteiger partial charge in [0.2, 0.25) is 11.0 Å². The van der Waals surface area contributed by atoms with E-state index in [2.05, 4.69) is 15.3 Å². The molecule has 0 atom stereocenters. The molecule has 0 radical (unpaired) electrons. The molecule has 0 fully saturated rings. The Balaban J connectivity index is 2.62. The van der Waals surface area contributed by atoms with E-state index in [0.717, 1.165) is 0 Å². The number of carbonyl (C=O) groups excluding carboxylic acids is 1. The Bertz CT molecular complexity index is 535. The number of amides is 1. The molecule has 70 valence electrons. The van der Waals surface area contributed by atoms with Crippen LogP contribution in [0, 0.1) is 0 Å². The first kappa shape index (κ1) is 8.96. The molecule has 14 heavy (non-hydrogen) atoms. The van der Waals surface area contributed by atoms with E-state index in [0.29, 0.717) is 21.5 Å². The van der Waals surface area contributed by atoms with Crippen LogP contribution in [0.3, 0.4) is 0 Å². The SMILES string of the molecule is CC(=O)Nc1cccc2c1=NC(=S)N=2. The van der Waals surface area contributed by atoms with Crippen molar-refractivity contribution in [1.82, 2.24) is 0 Å². The summed E-state index contributed by atoms with van der Waals surface area (Å²) in [4.78, 5) is 19.0. The maximum Gasteiger partial charge on any atom is 0.221 e. The molecule has 1 heterocycles. The number of benzene rings is 1. The number of hydrogen-bond donors (Lipinski definition) is 1. The van der Waals surface area contributed by atoms with Crippen LogP contribution in [0.2, 0.25) is 0 Å². The van der Waals surface area contributed by atoms with Gasteiger partial charge in [0.1, 0.15) is 5.36 Å². The van der Waals surface area contributed by atoms with E-state index < -0.39 is 0 Å². The first-order chi connectivity index (χ1) is 6.66. The van der Waals surface area contributed by atoms with Crippen molar-refractivity contribution in [3.8, 4) is 0 Å². The third-order valence-corrected chi connectivity index (χ3v) is 1.93. The van der Waals surface area contributed by atoms with E-state index >= 15 is 0 Å². The van der Waals surface area contributed by atoms with Crippen LogP contribution in [0.1, 0.15) is 6.92 Å². The Hall–Kier alpha value is -1.62. The number of hydrogen-bond acceptors (Lipinski definition) is 2. The Morgan fingerprint density at radius 2 is 2.21 bits per heavy atom. The molecule has 0 saturated heterocycles. The molecular weight excluding hydrogens is 198 g/mol. The van der Waals surface area contributed by atoms with E-state index in [1.54, 1.807) is 12.1 Å². The highest BCUT2D eigenvalue weighted by Gasteiger charge is 2.06. The van der Waals surface area contributed by atoms with Gasteiger partial charge >= 0.3 is 0 Å². The Morgan fingerprint density at radius 1 is 1.43 bits per heavy atom.